The number of likely N-dealkylation sites (tertiary alicyclic amines) is 1. The van der Waals surface area contributed by atoms with Crippen LogP contribution >= 0.6 is 0 Å². The largest absolute Gasteiger partial charge is 0.340 e. The van der Waals surface area contributed by atoms with Crippen molar-refractivity contribution in [1.82, 2.24) is 15.1 Å². The summed E-state index contributed by atoms with van der Waals surface area (Å²) in [5, 5.41) is 3.10. The van der Waals surface area contributed by atoms with Gasteiger partial charge >= 0.3 is 0 Å². The van der Waals surface area contributed by atoms with Crippen LogP contribution in [0.4, 0.5) is 0 Å². The molecule has 1 N–H and O–H groups in total. The molecule has 2 saturated heterocycles. The van der Waals surface area contributed by atoms with E-state index in [9.17, 15) is 9.59 Å². The molecule has 5 heteroatoms. The fourth-order valence-electron chi connectivity index (χ4n) is 3.31. The summed E-state index contributed by atoms with van der Waals surface area (Å²) in [7, 11) is 0. The zero-order valence-corrected chi connectivity index (χ0v) is 12.7. The molecule has 0 bridgehead atoms. The molecular weight excluding hydrogens is 254 g/mol. The highest BCUT2D eigenvalue weighted by Gasteiger charge is 2.32. The number of carbonyl (C=O) groups is 2. The smallest absolute Gasteiger partial charge is 0.236 e. The quantitative estimate of drug-likeness (QED) is 0.831. The van der Waals surface area contributed by atoms with Crippen molar-refractivity contribution in [2.24, 2.45) is 5.92 Å². The van der Waals surface area contributed by atoms with Crippen LogP contribution in [0.15, 0.2) is 0 Å². The first-order chi connectivity index (χ1) is 9.67. The molecule has 0 aromatic carbocycles. The summed E-state index contributed by atoms with van der Waals surface area (Å²) in [5.41, 5.74) is 0. The molecule has 0 aromatic heterocycles. The second-order valence-electron chi connectivity index (χ2n) is 5.86. The molecule has 0 spiro atoms. The number of carbonyl (C=O) groups excluding carboxylic acids is 2. The Morgan fingerprint density at radius 2 is 2.10 bits per heavy atom. The van der Waals surface area contributed by atoms with Gasteiger partial charge in [-0.15, -0.1) is 0 Å². The Balaban J connectivity index is 1.97. The van der Waals surface area contributed by atoms with Crippen molar-refractivity contribution in [3.63, 3.8) is 0 Å². The van der Waals surface area contributed by atoms with Crippen molar-refractivity contribution in [1.29, 1.82) is 0 Å². The Kier molecular flexibility index (Phi) is 5.40. The summed E-state index contributed by atoms with van der Waals surface area (Å²) in [6.07, 6.45) is 3.85. The molecule has 2 amide bonds. The fourth-order valence-corrected chi connectivity index (χ4v) is 3.31. The van der Waals surface area contributed by atoms with E-state index in [-0.39, 0.29) is 23.8 Å². The molecule has 0 saturated carbocycles. The van der Waals surface area contributed by atoms with E-state index in [2.05, 4.69) is 19.2 Å². The van der Waals surface area contributed by atoms with E-state index in [4.69, 9.17) is 0 Å². The summed E-state index contributed by atoms with van der Waals surface area (Å²) >= 11 is 0. The van der Waals surface area contributed by atoms with Crippen molar-refractivity contribution in [2.45, 2.75) is 45.6 Å². The monoisotopic (exact) mass is 281 g/mol. The van der Waals surface area contributed by atoms with Gasteiger partial charge in [-0.25, -0.2) is 0 Å². The third-order valence-electron chi connectivity index (χ3n) is 4.61. The molecule has 5 nitrogen and oxygen atoms in total. The van der Waals surface area contributed by atoms with E-state index >= 15 is 0 Å². The van der Waals surface area contributed by atoms with Crippen LogP contribution in [0.25, 0.3) is 0 Å². The Labute approximate surface area is 121 Å². The number of amides is 2. The van der Waals surface area contributed by atoms with Gasteiger partial charge < -0.3 is 15.1 Å². The molecule has 2 aliphatic heterocycles. The van der Waals surface area contributed by atoms with Crippen molar-refractivity contribution < 1.29 is 9.59 Å². The number of rotatable bonds is 4. The van der Waals surface area contributed by atoms with E-state index in [0.29, 0.717) is 6.54 Å². The van der Waals surface area contributed by atoms with Crippen LogP contribution in [0, 0.1) is 5.92 Å². The number of hydrogen-bond donors (Lipinski definition) is 1. The number of nitrogens with one attached hydrogen (secondary N) is 1. The summed E-state index contributed by atoms with van der Waals surface area (Å²) in [6, 6.07) is 0.219. The van der Waals surface area contributed by atoms with Crippen LogP contribution in [-0.2, 0) is 9.59 Å². The van der Waals surface area contributed by atoms with Crippen LogP contribution in [0.3, 0.4) is 0 Å². The van der Waals surface area contributed by atoms with Gasteiger partial charge in [0.1, 0.15) is 0 Å². The van der Waals surface area contributed by atoms with E-state index in [1.165, 1.54) is 0 Å². The normalized spacial score (nSPS) is 24.4. The lowest BCUT2D eigenvalue weighted by Gasteiger charge is -2.41. The molecule has 0 aliphatic carbocycles. The minimum atomic E-state index is 0.146. The molecule has 0 aromatic rings. The second-order valence-corrected chi connectivity index (χ2v) is 5.86. The van der Waals surface area contributed by atoms with Gasteiger partial charge in [0, 0.05) is 38.1 Å². The molecule has 2 rings (SSSR count). The van der Waals surface area contributed by atoms with Crippen LogP contribution < -0.4 is 5.32 Å². The number of piperidine rings is 1. The Hall–Kier alpha value is -1.10. The average Bonchev–Trinajstić information content (AvgIpc) is 2.49. The van der Waals surface area contributed by atoms with Gasteiger partial charge in [0.15, 0.2) is 0 Å². The first kappa shape index (κ1) is 15.3. The predicted octanol–water partition coefficient (Wildman–Crippen LogP) is 0.845. The molecule has 2 fully saturated rings. The van der Waals surface area contributed by atoms with Crippen molar-refractivity contribution in [3.05, 3.63) is 0 Å². The minimum Gasteiger partial charge on any atom is -0.340 e. The Bertz CT molecular complexity index is 355. The maximum Gasteiger partial charge on any atom is 0.236 e. The molecular formula is C15H27N3O2. The van der Waals surface area contributed by atoms with Crippen molar-refractivity contribution in [2.75, 3.05) is 32.7 Å². The highest BCUT2D eigenvalue weighted by molar-refractivity contribution is 5.80. The van der Waals surface area contributed by atoms with Crippen LogP contribution in [-0.4, -0.2) is 60.4 Å². The maximum atomic E-state index is 12.5. The molecule has 114 valence electrons. The zero-order chi connectivity index (χ0) is 14.5. The van der Waals surface area contributed by atoms with Gasteiger partial charge in [0.25, 0.3) is 0 Å². The van der Waals surface area contributed by atoms with E-state index in [1.807, 2.05) is 9.80 Å². The molecule has 1 atom stereocenters. The highest BCUT2D eigenvalue weighted by Crippen LogP contribution is 2.20. The van der Waals surface area contributed by atoms with E-state index < -0.39 is 0 Å². The lowest BCUT2D eigenvalue weighted by atomic mass is 9.97. The Morgan fingerprint density at radius 1 is 1.35 bits per heavy atom. The van der Waals surface area contributed by atoms with Gasteiger partial charge in [-0.05, 0) is 25.7 Å². The first-order valence-corrected chi connectivity index (χ1v) is 7.96. The average molecular weight is 281 g/mol. The molecule has 0 radical (unpaired) electrons. The lowest BCUT2D eigenvalue weighted by molar-refractivity contribution is -0.142. The second kappa shape index (κ2) is 7.07. The molecule has 2 aliphatic rings. The van der Waals surface area contributed by atoms with E-state index in [0.717, 1.165) is 51.9 Å². The van der Waals surface area contributed by atoms with Crippen LogP contribution in [0.5, 0.6) is 0 Å². The third-order valence-corrected chi connectivity index (χ3v) is 4.61. The van der Waals surface area contributed by atoms with Crippen molar-refractivity contribution in [3.8, 4) is 0 Å². The van der Waals surface area contributed by atoms with Crippen molar-refractivity contribution >= 4 is 11.8 Å². The lowest BCUT2D eigenvalue weighted by Crippen LogP contribution is -2.58. The minimum absolute atomic E-state index is 0.146. The van der Waals surface area contributed by atoms with E-state index in [1.54, 1.807) is 0 Å². The molecule has 1 unspecified atom stereocenters. The zero-order valence-electron chi connectivity index (χ0n) is 12.7. The topological polar surface area (TPSA) is 52.7 Å². The molecule has 20 heavy (non-hydrogen) atoms. The number of hydrogen-bond acceptors (Lipinski definition) is 3. The van der Waals surface area contributed by atoms with Gasteiger partial charge in [0.05, 0.1) is 6.54 Å². The maximum absolute atomic E-state index is 12.5. The van der Waals surface area contributed by atoms with Crippen LogP contribution in [0.2, 0.25) is 0 Å². The predicted molar refractivity (Wildman–Crippen MR) is 78.3 cm³/mol. The number of nitrogens with zero attached hydrogens (tertiary/aromatic N) is 2. The highest BCUT2D eigenvalue weighted by atomic mass is 16.2. The SMILES string of the molecule is CCC(CC)C(=O)N1CCCC(N2CCNCC2=O)C1. The van der Waals surface area contributed by atoms with Gasteiger partial charge in [-0.1, -0.05) is 13.8 Å². The van der Waals surface area contributed by atoms with Crippen LogP contribution in [0.1, 0.15) is 39.5 Å². The third kappa shape index (κ3) is 3.32. The van der Waals surface area contributed by atoms with Gasteiger partial charge in [0.2, 0.25) is 11.8 Å². The van der Waals surface area contributed by atoms with Gasteiger partial charge in [-0.2, -0.15) is 0 Å². The fraction of sp³-hybridized carbons (Fsp3) is 0.867. The molecule has 2 heterocycles. The van der Waals surface area contributed by atoms with Gasteiger partial charge in [-0.3, -0.25) is 9.59 Å². The summed E-state index contributed by atoms with van der Waals surface area (Å²) in [5.74, 6) is 0.604. The summed E-state index contributed by atoms with van der Waals surface area (Å²) < 4.78 is 0. The summed E-state index contributed by atoms with van der Waals surface area (Å²) in [4.78, 5) is 28.4. The summed E-state index contributed by atoms with van der Waals surface area (Å²) in [6.45, 7) is 7.81. The standard InChI is InChI=1S/C15H27N3O2/c1-3-12(4-2)15(20)17-8-5-6-13(11-17)18-9-7-16-10-14(18)19/h12-13,16H,3-11H2,1-2H3. The first-order valence-electron chi connectivity index (χ1n) is 7.96. The Morgan fingerprint density at radius 3 is 2.75 bits per heavy atom. The number of piperazine rings is 1.